The van der Waals surface area contributed by atoms with E-state index >= 15 is 0 Å². The first kappa shape index (κ1) is 21.0. The topological polar surface area (TPSA) is 93.2 Å². The number of anilines is 1. The lowest BCUT2D eigenvalue weighted by atomic mass is 9.97. The number of hydrogen-bond donors (Lipinski definition) is 1. The summed E-state index contributed by atoms with van der Waals surface area (Å²) in [7, 11) is -3.52. The van der Waals surface area contributed by atoms with Crippen molar-refractivity contribution in [2.24, 2.45) is 5.92 Å². The van der Waals surface area contributed by atoms with Gasteiger partial charge in [0.05, 0.1) is 33.0 Å². The minimum atomic E-state index is -3.52. The molecule has 0 amide bonds. The average molecular weight is 427 g/mol. The van der Waals surface area contributed by atoms with Crippen LogP contribution in [0.2, 0.25) is 0 Å². The molecule has 0 aromatic carbocycles. The molecule has 4 heterocycles. The lowest BCUT2D eigenvalue weighted by molar-refractivity contribution is 0.00460. The zero-order chi connectivity index (χ0) is 20.1. The number of hydrogen-bond acceptors (Lipinski definition) is 8. The van der Waals surface area contributed by atoms with Crippen LogP contribution in [0.15, 0.2) is 23.2 Å². The normalized spacial score (nSPS) is 25.7. The molecule has 3 saturated heterocycles. The molecule has 0 spiro atoms. The second-order valence-corrected chi connectivity index (χ2v) is 9.55. The number of nitrogens with one attached hydrogen (secondary N) is 1. The van der Waals surface area contributed by atoms with Gasteiger partial charge in [-0.25, -0.2) is 13.4 Å². The Bertz CT molecular complexity index is 742. The monoisotopic (exact) mass is 426 g/mol. The van der Waals surface area contributed by atoms with Crippen LogP contribution in [0.3, 0.4) is 0 Å². The lowest BCUT2D eigenvalue weighted by Gasteiger charge is -2.37. The summed E-state index contributed by atoms with van der Waals surface area (Å²) in [6, 6.07) is 3.72. The molecule has 162 valence electrons. The Morgan fingerprint density at radius 2 is 1.76 bits per heavy atom. The Morgan fingerprint density at radius 3 is 2.38 bits per heavy atom. The van der Waals surface area contributed by atoms with E-state index in [-0.39, 0.29) is 4.90 Å². The summed E-state index contributed by atoms with van der Waals surface area (Å²) in [6.45, 7) is 7.34. The van der Waals surface area contributed by atoms with E-state index in [1.165, 1.54) is 10.5 Å². The fraction of sp³-hybridized carbons (Fsp3) is 0.737. The van der Waals surface area contributed by atoms with E-state index in [1.807, 2.05) is 0 Å². The Balaban J connectivity index is 1.39. The molecule has 1 aromatic heterocycles. The molecule has 3 aliphatic heterocycles. The second-order valence-electron chi connectivity index (χ2n) is 7.62. The first-order valence-electron chi connectivity index (χ1n) is 10.3. The van der Waals surface area contributed by atoms with Gasteiger partial charge in [-0.1, -0.05) is 0 Å². The molecule has 0 bridgehead atoms. The zero-order valence-electron chi connectivity index (χ0n) is 16.7. The van der Waals surface area contributed by atoms with E-state index < -0.39 is 10.0 Å². The Morgan fingerprint density at radius 1 is 1.03 bits per heavy atom. The standard InChI is InChI=1S/C19H30N4O5S/c24-29(25,23-6-11-27-12-7-23)17-1-2-19(20-13-17)21-14-18(16-3-8-28-15-16)22-4-9-26-10-5-22/h1-2,13,16,18H,3-12,14-15H2,(H,20,21). The largest absolute Gasteiger partial charge is 0.381 e. The number of morpholine rings is 2. The van der Waals surface area contributed by atoms with Gasteiger partial charge >= 0.3 is 0 Å². The predicted molar refractivity (Wildman–Crippen MR) is 107 cm³/mol. The van der Waals surface area contributed by atoms with Gasteiger partial charge < -0.3 is 19.5 Å². The van der Waals surface area contributed by atoms with Crippen LogP contribution in [0, 0.1) is 5.92 Å². The van der Waals surface area contributed by atoms with E-state index in [4.69, 9.17) is 14.2 Å². The Kier molecular flexibility index (Phi) is 6.99. The van der Waals surface area contributed by atoms with Crippen molar-refractivity contribution in [3.8, 4) is 0 Å². The number of aromatic nitrogens is 1. The molecule has 29 heavy (non-hydrogen) atoms. The van der Waals surface area contributed by atoms with Gasteiger partial charge in [-0.05, 0) is 18.6 Å². The second kappa shape index (κ2) is 9.67. The number of sulfonamides is 1. The summed E-state index contributed by atoms with van der Waals surface area (Å²) in [5, 5.41) is 3.40. The fourth-order valence-electron chi connectivity index (χ4n) is 4.14. The van der Waals surface area contributed by atoms with E-state index in [2.05, 4.69) is 15.2 Å². The predicted octanol–water partition coefficient (Wildman–Crippen LogP) is 0.252. The average Bonchev–Trinajstić information content (AvgIpc) is 3.30. The molecular formula is C19H30N4O5S. The molecule has 0 aliphatic carbocycles. The van der Waals surface area contributed by atoms with Crippen molar-refractivity contribution in [1.29, 1.82) is 0 Å². The third-order valence-corrected chi connectivity index (χ3v) is 7.74. The van der Waals surface area contributed by atoms with Gasteiger partial charge in [-0.3, -0.25) is 4.90 Å². The van der Waals surface area contributed by atoms with E-state index in [1.54, 1.807) is 12.1 Å². The highest BCUT2D eigenvalue weighted by Crippen LogP contribution is 2.23. The van der Waals surface area contributed by atoms with E-state index in [9.17, 15) is 8.42 Å². The van der Waals surface area contributed by atoms with Crippen molar-refractivity contribution in [2.45, 2.75) is 17.4 Å². The maximum Gasteiger partial charge on any atom is 0.244 e. The summed E-state index contributed by atoms with van der Waals surface area (Å²) in [5.41, 5.74) is 0. The highest BCUT2D eigenvalue weighted by atomic mass is 32.2. The third-order valence-electron chi connectivity index (χ3n) is 5.86. The molecule has 3 fully saturated rings. The van der Waals surface area contributed by atoms with Crippen molar-refractivity contribution in [2.75, 3.05) is 77.7 Å². The number of rotatable bonds is 7. The lowest BCUT2D eigenvalue weighted by Crippen LogP contribution is -2.50. The Hall–Kier alpha value is -1.30. The van der Waals surface area contributed by atoms with Crippen molar-refractivity contribution in [3.05, 3.63) is 18.3 Å². The van der Waals surface area contributed by atoms with Gasteiger partial charge in [0.25, 0.3) is 0 Å². The van der Waals surface area contributed by atoms with Crippen LogP contribution in [0.5, 0.6) is 0 Å². The van der Waals surface area contributed by atoms with Gasteiger partial charge in [-0.15, -0.1) is 0 Å². The van der Waals surface area contributed by atoms with Gasteiger partial charge in [0.2, 0.25) is 10.0 Å². The molecule has 2 atom stereocenters. The van der Waals surface area contributed by atoms with Gasteiger partial charge in [0.1, 0.15) is 10.7 Å². The highest BCUT2D eigenvalue weighted by Gasteiger charge is 2.31. The summed E-state index contributed by atoms with van der Waals surface area (Å²) in [6.07, 6.45) is 2.50. The quantitative estimate of drug-likeness (QED) is 0.663. The molecule has 2 unspecified atom stereocenters. The molecule has 10 heteroatoms. The maximum absolute atomic E-state index is 12.7. The summed E-state index contributed by atoms with van der Waals surface area (Å²) in [5.74, 6) is 1.17. The van der Waals surface area contributed by atoms with Gasteiger partial charge in [0.15, 0.2) is 0 Å². The number of pyridine rings is 1. The molecule has 1 N–H and O–H groups in total. The van der Waals surface area contributed by atoms with Crippen molar-refractivity contribution in [1.82, 2.24) is 14.2 Å². The van der Waals surface area contributed by atoms with Crippen LogP contribution in [0.4, 0.5) is 5.82 Å². The third kappa shape index (κ3) is 5.07. The smallest absolute Gasteiger partial charge is 0.244 e. The fourth-order valence-corrected chi connectivity index (χ4v) is 5.50. The van der Waals surface area contributed by atoms with Gasteiger partial charge in [-0.2, -0.15) is 4.31 Å². The number of nitrogens with zero attached hydrogens (tertiary/aromatic N) is 3. The highest BCUT2D eigenvalue weighted by molar-refractivity contribution is 7.89. The first-order chi connectivity index (χ1) is 14.1. The minimum Gasteiger partial charge on any atom is -0.381 e. The first-order valence-corrected chi connectivity index (χ1v) is 11.8. The summed E-state index contributed by atoms with van der Waals surface area (Å²) >= 11 is 0. The van der Waals surface area contributed by atoms with Crippen molar-refractivity contribution >= 4 is 15.8 Å². The van der Waals surface area contributed by atoms with Crippen molar-refractivity contribution < 1.29 is 22.6 Å². The molecule has 0 radical (unpaired) electrons. The summed E-state index contributed by atoms with van der Waals surface area (Å²) < 4.78 is 43.2. The number of ether oxygens (including phenoxy) is 3. The molecule has 4 rings (SSSR count). The van der Waals surface area contributed by atoms with Crippen LogP contribution in [-0.2, 0) is 24.2 Å². The van der Waals surface area contributed by atoms with E-state index in [0.717, 1.165) is 52.5 Å². The van der Waals surface area contributed by atoms with Crippen LogP contribution >= 0.6 is 0 Å². The maximum atomic E-state index is 12.7. The molecular weight excluding hydrogens is 396 g/mol. The summed E-state index contributed by atoms with van der Waals surface area (Å²) in [4.78, 5) is 7.05. The van der Waals surface area contributed by atoms with Crippen LogP contribution in [0.1, 0.15) is 6.42 Å². The van der Waals surface area contributed by atoms with Crippen LogP contribution in [-0.4, -0.2) is 101 Å². The van der Waals surface area contributed by atoms with E-state index in [0.29, 0.717) is 44.1 Å². The molecule has 0 saturated carbocycles. The van der Waals surface area contributed by atoms with Gasteiger partial charge in [0, 0.05) is 57.5 Å². The zero-order valence-corrected chi connectivity index (χ0v) is 17.5. The van der Waals surface area contributed by atoms with Crippen molar-refractivity contribution in [3.63, 3.8) is 0 Å². The molecule has 1 aromatic rings. The van der Waals surface area contributed by atoms with Crippen LogP contribution in [0.25, 0.3) is 0 Å². The van der Waals surface area contributed by atoms with Crippen LogP contribution < -0.4 is 5.32 Å². The Labute approximate surface area is 172 Å². The molecule has 9 nitrogen and oxygen atoms in total. The molecule has 3 aliphatic rings. The SMILES string of the molecule is O=S(=O)(c1ccc(NCC(C2CCOC2)N2CCOCC2)nc1)N1CCOCC1. The minimum absolute atomic E-state index is 0.221.